The largest absolute Gasteiger partial charge is 0.381 e. The molecule has 1 aromatic carbocycles. The van der Waals surface area contributed by atoms with Crippen LogP contribution in [0.5, 0.6) is 0 Å². The normalized spacial score (nSPS) is 21.0. The minimum atomic E-state index is -0.426. The predicted molar refractivity (Wildman–Crippen MR) is 92.9 cm³/mol. The van der Waals surface area contributed by atoms with Crippen LogP contribution in [0, 0.1) is 0 Å². The molecule has 1 fully saturated rings. The molecule has 0 bridgehead atoms. The van der Waals surface area contributed by atoms with Crippen LogP contribution >= 0.6 is 0 Å². The molecule has 0 saturated carbocycles. The van der Waals surface area contributed by atoms with Gasteiger partial charge >= 0.3 is 0 Å². The van der Waals surface area contributed by atoms with E-state index in [1.165, 1.54) is 6.92 Å². The number of fused-ring (bicyclic) bond motifs is 1. The summed E-state index contributed by atoms with van der Waals surface area (Å²) in [5.41, 5.74) is 1.95. The van der Waals surface area contributed by atoms with Crippen LogP contribution in [0.25, 0.3) is 0 Å². The second-order valence-corrected chi connectivity index (χ2v) is 6.92. The molecule has 1 atom stereocenters. The first-order valence-corrected chi connectivity index (χ1v) is 8.78. The van der Waals surface area contributed by atoms with Gasteiger partial charge in [-0.1, -0.05) is 18.2 Å². The molecule has 130 valence electrons. The number of carbonyl (C=O) groups is 2. The number of rotatable bonds is 3. The van der Waals surface area contributed by atoms with E-state index in [0.29, 0.717) is 19.6 Å². The standard InChI is InChI=1S/C19H26N2O3/c1-13(2)20(16-8-10-24-11-9-16)19(23)18-12-15-6-4-5-7-17(15)21(18)14(3)22/h4-7,13,16,18H,8-12H2,1-3H3/t18-/m0/s1. The lowest BCUT2D eigenvalue weighted by Gasteiger charge is -2.40. The molecule has 24 heavy (non-hydrogen) atoms. The quantitative estimate of drug-likeness (QED) is 0.855. The molecule has 0 N–H and O–H groups in total. The fourth-order valence-electron chi connectivity index (χ4n) is 3.96. The average Bonchev–Trinajstić information content (AvgIpc) is 2.95. The summed E-state index contributed by atoms with van der Waals surface area (Å²) in [5, 5.41) is 0. The summed E-state index contributed by atoms with van der Waals surface area (Å²) < 4.78 is 5.44. The molecule has 1 saturated heterocycles. The number of para-hydroxylation sites is 1. The van der Waals surface area contributed by atoms with E-state index < -0.39 is 6.04 Å². The highest BCUT2D eigenvalue weighted by Crippen LogP contribution is 2.34. The Morgan fingerprint density at radius 3 is 2.50 bits per heavy atom. The highest BCUT2D eigenvalue weighted by atomic mass is 16.5. The van der Waals surface area contributed by atoms with Gasteiger partial charge in [-0.15, -0.1) is 0 Å². The number of ether oxygens (including phenoxy) is 1. The summed E-state index contributed by atoms with van der Waals surface area (Å²) >= 11 is 0. The molecule has 2 heterocycles. The molecular formula is C19H26N2O3. The number of anilines is 1. The van der Waals surface area contributed by atoms with Gasteiger partial charge in [0.1, 0.15) is 6.04 Å². The topological polar surface area (TPSA) is 49.9 Å². The number of hydrogen-bond acceptors (Lipinski definition) is 3. The Labute approximate surface area is 143 Å². The van der Waals surface area contributed by atoms with Gasteiger partial charge in [-0.25, -0.2) is 0 Å². The molecular weight excluding hydrogens is 304 g/mol. The van der Waals surface area contributed by atoms with E-state index in [2.05, 4.69) is 0 Å². The minimum absolute atomic E-state index is 0.0586. The van der Waals surface area contributed by atoms with E-state index >= 15 is 0 Å². The van der Waals surface area contributed by atoms with E-state index in [-0.39, 0.29) is 23.9 Å². The highest BCUT2D eigenvalue weighted by Gasteiger charge is 2.41. The predicted octanol–water partition coefficient (Wildman–Crippen LogP) is 2.38. The van der Waals surface area contributed by atoms with E-state index in [0.717, 1.165) is 24.1 Å². The van der Waals surface area contributed by atoms with Crippen LogP contribution in [-0.2, 0) is 20.7 Å². The van der Waals surface area contributed by atoms with Crippen LogP contribution in [0.3, 0.4) is 0 Å². The van der Waals surface area contributed by atoms with Crippen molar-refractivity contribution in [1.82, 2.24) is 4.90 Å². The number of benzene rings is 1. The number of carbonyl (C=O) groups excluding carboxylic acids is 2. The van der Waals surface area contributed by atoms with Crippen molar-refractivity contribution in [3.8, 4) is 0 Å². The molecule has 3 rings (SSSR count). The van der Waals surface area contributed by atoms with Gasteiger partial charge in [0.2, 0.25) is 11.8 Å². The maximum Gasteiger partial charge on any atom is 0.246 e. The second kappa shape index (κ2) is 6.93. The van der Waals surface area contributed by atoms with E-state index in [9.17, 15) is 9.59 Å². The van der Waals surface area contributed by atoms with Gasteiger partial charge < -0.3 is 9.64 Å². The zero-order valence-corrected chi connectivity index (χ0v) is 14.7. The third kappa shape index (κ3) is 3.05. The Hall–Kier alpha value is -1.88. The first-order valence-electron chi connectivity index (χ1n) is 8.78. The van der Waals surface area contributed by atoms with Crippen LogP contribution in [0.15, 0.2) is 24.3 Å². The Bertz CT molecular complexity index is 623. The van der Waals surface area contributed by atoms with Crippen molar-refractivity contribution >= 4 is 17.5 Å². The average molecular weight is 330 g/mol. The van der Waals surface area contributed by atoms with Crippen molar-refractivity contribution in [3.63, 3.8) is 0 Å². The Morgan fingerprint density at radius 2 is 1.88 bits per heavy atom. The monoisotopic (exact) mass is 330 g/mol. The summed E-state index contributed by atoms with van der Waals surface area (Å²) in [7, 11) is 0. The molecule has 0 unspecified atom stereocenters. The maximum atomic E-state index is 13.4. The molecule has 5 heteroatoms. The molecule has 0 aliphatic carbocycles. The lowest BCUT2D eigenvalue weighted by Crippen LogP contribution is -2.55. The lowest BCUT2D eigenvalue weighted by atomic mass is 10.0. The number of hydrogen-bond donors (Lipinski definition) is 0. The maximum absolute atomic E-state index is 13.4. The van der Waals surface area contributed by atoms with Crippen LogP contribution in [0.1, 0.15) is 39.2 Å². The SMILES string of the molecule is CC(=O)N1c2ccccc2C[C@H]1C(=O)N(C(C)C)C1CCOCC1. The third-order valence-electron chi connectivity index (χ3n) is 5.00. The van der Waals surface area contributed by atoms with Crippen molar-refractivity contribution in [2.75, 3.05) is 18.1 Å². The van der Waals surface area contributed by atoms with Crippen molar-refractivity contribution in [3.05, 3.63) is 29.8 Å². The van der Waals surface area contributed by atoms with E-state index in [1.54, 1.807) is 4.90 Å². The zero-order valence-electron chi connectivity index (χ0n) is 14.7. The van der Waals surface area contributed by atoms with E-state index in [4.69, 9.17) is 4.74 Å². The fourth-order valence-corrected chi connectivity index (χ4v) is 3.96. The van der Waals surface area contributed by atoms with Gasteiger partial charge in [0, 0.05) is 44.3 Å². The van der Waals surface area contributed by atoms with Crippen molar-refractivity contribution in [2.24, 2.45) is 0 Å². The number of nitrogens with zero attached hydrogens (tertiary/aromatic N) is 2. The van der Waals surface area contributed by atoms with Crippen molar-refractivity contribution in [1.29, 1.82) is 0 Å². The Morgan fingerprint density at radius 1 is 1.21 bits per heavy atom. The van der Waals surface area contributed by atoms with Crippen LogP contribution in [0.2, 0.25) is 0 Å². The molecule has 1 aromatic rings. The summed E-state index contributed by atoms with van der Waals surface area (Å²) in [6.45, 7) is 7.03. The third-order valence-corrected chi connectivity index (χ3v) is 5.00. The first-order chi connectivity index (χ1) is 11.5. The van der Waals surface area contributed by atoms with Gasteiger partial charge in [-0.2, -0.15) is 0 Å². The zero-order chi connectivity index (χ0) is 17.3. The van der Waals surface area contributed by atoms with Gasteiger partial charge in [-0.05, 0) is 38.3 Å². The molecule has 2 aliphatic rings. The summed E-state index contributed by atoms with van der Waals surface area (Å²) in [4.78, 5) is 29.2. The molecule has 2 amide bonds. The first kappa shape index (κ1) is 17.0. The molecule has 2 aliphatic heterocycles. The van der Waals surface area contributed by atoms with Crippen LogP contribution in [0.4, 0.5) is 5.69 Å². The highest BCUT2D eigenvalue weighted by molar-refractivity contribution is 6.02. The fraction of sp³-hybridized carbons (Fsp3) is 0.579. The minimum Gasteiger partial charge on any atom is -0.381 e. The molecule has 0 radical (unpaired) electrons. The summed E-state index contributed by atoms with van der Waals surface area (Å²) in [6.07, 6.45) is 2.33. The summed E-state index contributed by atoms with van der Waals surface area (Å²) in [6, 6.07) is 7.69. The smallest absolute Gasteiger partial charge is 0.246 e. The van der Waals surface area contributed by atoms with Crippen molar-refractivity contribution in [2.45, 2.75) is 58.2 Å². The number of amides is 2. The van der Waals surface area contributed by atoms with Gasteiger partial charge in [0.05, 0.1) is 0 Å². The Kier molecular flexibility index (Phi) is 4.90. The van der Waals surface area contributed by atoms with E-state index in [1.807, 2.05) is 43.0 Å². The van der Waals surface area contributed by atoms with Crippen LogP contribution in [-0.4, -0.2) is 48.1 Å². The van der Waals surface area contributed by atoms with Crippen molar-refractivity contribution < 1.29 is 14.3 Å². The van der Waals surface area contributed by atoms with Gasteiger partial charge in [0.25, 0.3) is 0 Å². The van der Waals surface area contributed by atoms with Crippen LogP contribution < -0.4 is 4.90 Å². The summed E-state index contributed by atoms with van der Waals surface area (Å²) in [5.74, 6) is -0.0164. The molecule has 5 nitrogen and oxygen atoms in total. The lowest BCUT2D eigenvalue weighted by molar-refractivity contribution is -0.140. The van der Waals surface area contributed by atoms with Gasteiger partial charge in [-0.3, -0.25) is 14.5 Å². The second-order valence-electron chi connectivity index (χ2n) is 6.92. The molecule has 0 aromatic heterocycles. The Balaban J connectivity index is 1.88. The van der Waals surface area contributed by atoms with Gasteiger partial charge in [0.15, 0.2) is 0 Å². The molecule has 0 spiro atoms.